The molecule has 2 amide bonds. The number of carbonyl (C=O) groups is 2. The molecule has 0 aromatic rings. The van der Waals surface area contributed by atoms with Crippen molar-refractivity contribution in [3.63, 3.8) is 0 Å². The average molecular weight is 211 g/mol. The van der Waals surface area contributed by atoms with E-state index < -0.39 is 5.91 Å². The smallest absolute Gasteiger partial charge is 0.311 e. The summed E-state index contributed by atoms with van der Waals surface area (Å²) in [7, 11) is 1.49. The molecule has 15 heavy (non-hydrogen) atoms. The monoisotopic (exact) mass is 211 g/mol. The van der Waals surface area contributed by atoms with E-state index in [0.29, 0.717) is 19.1 Å². The fraction of sp³-hybridized carbons (Fsp3) is 0.800. The molecule has 2 rings (SSSR count). The number of hydrogen-bond donors (Lipinski definition) is 1. The largest absolute Gasteiger partial charge is 0.351 e. The molecule has 2 saturated heterocycles. The van der Waals surface area contributed by atoms with Crippen LogP contribution in [0.1, 0.15) is 12.8 Å². The van der Waals surface area contributed by atoms with Crippen LogP contribution in [0.5, 0.6) is 0 Å². The van der Waals surface area contributed by atoms with Crippen LogP contribution in [-0.2, 0) is 9.59 Å². The lowest BCUT2D eigenvalue weighted by Gasteiger charge is -2.36. The molecule has 2 aliphatic heterocycles. The predicted octanol–water partition coefficient (Wildman–Crippen LogP) is -0.961. The molecule has 0 aromatic heterocycles. The molecule has 5 nitrogen and oxygen atoms in total. The molecule has 0 radical (unpaired) electrons. The molecule has 0 spiro atoms. The number of hydrogen-bond acceptors (Lipinski definition) is 3. The zero-order chi connectivity index (χ0) is 10.8. The van der Waals surface area contributed by atoms with Crippen molar-refractivity contribution < 1.29 is 9.59 Å². The van der Waals surface area contributed by atoms with Gasteiger partial charge in [0.25, 0.3) is 0 Å². The lowest BCUT2D eigenvalue weighted by molar-refractivity contribution is -0.147. The van der Waals surface area contributed by atoms with E-state index in [2.05, 4.69) is 10.2 Å². The van der Waals surface area contributed by atoms with Gasteiger partial charge in [0.1, 0.15) is 0 Å². The minimum Gasteiger partial charge on any atom is -0.351 e. The van der Waals surface area contributed by atoms with Crippen molar-refractivity contribution in [2.24, 2.45) is 0 Å². The molecule has 1 N–H and O–H groups in total. The predicted molar refractivity (Wildman–Crippen MR) is 55.2 cm³/mol. The summed E-state index contributed by atoms with van der Waals surface area (Å²) in [5, 5.41) is 2.38. The molecule has 2 fully saturated rings. The van der Waals surface area contributed by atoms with Gasteiger partial charge in [-0.1, -0.05) is 0 Å². The van der Waals surface area contributed by atoms with E-state index >= 15 is 0 Å². The molecule has 0 aromatic carbocycles. The Morgan fingerprint density at radius 1 is 1.27 bits per heavy atom. The van der Waals surface area contributed by atoms with Gasteiger partial charge in [-0.2, -0.15) is 0 Å². The highest BCUT2D eigenvalue weighted by molar-refractivity contribution is 6.34. The first-order valence-corrected chi connectivity index (χ1v) is 5.47. The van der Waals surface area contributed by atoms with Gasteiger partial charge in [-0.3, -0.25) is 14.5 Å². The number of nitrogens with zero attached hydrogens (tertiary/aromatic N) is 2. The topological polar surface area (TPSA) is 52.7 Å². The maximum absolute atomic E-state index is 11.6. The van der Waals surface area contributed by atoms with Gasteiger partial charge in [0.2, 0.25) is 0 Å². The Morgan fingerprint density at radius 2 is 2.07 bits per heavy atom. The summed E-state index contributed by atoms with van der Waals surface area (Å²) in [6, 6.07) is 0.479. The van der Waals surface area contributed by atoms with Gasteiger partial charge in [-0.25, -0.2) is 0 Å². The Labute approximate surface area is 89.4 Å². The summed E-state index contributed by atoms with van der Waals surface area (Å²) >= 11 is 0. The lowest BCUT2D eigenvalue weighted by atomic mass is 10.1. The molecule has 2 aliphatic rings. The Bertz CT molecular complexity index is 280. The third kappa shape index (κ3) is 1.97. The van der Waals surface area contributed by atoms with E-state index in [1.165, 1.54) is 13.5 Å². The van der Waals surface area contributed by atoms with Crippen molar-refractivity contribution in [2.75, 3.05) is 33.2 Å². The third-order valence-electron chi connectivity index (χ3n) is 3.30. The van der Waals surface area contributed by atoms with E-state index in [0.717, 1.165) is 19.5 Å². The van der Waals surface area contributed by atoms with Crippen LogP contribution in [0.2, 0.25) is 0 Å². The fourth-order valence-electron chi connectivity index (χ4n) is 2.43. The molecule has 1 atom stereocenters. The molecule has 2 heterocycles. The van der Waals surface area contributed by atoms with Crippen LogP contribution >= 0.6 is 0 Å². The van der Waals surface area contributed by atoms with Crippen LogP contribution in [0.25, 0.3) is 0 Å². The average Bonchev–Trinajstić information content (AvgIpc) is 2.73. The van der Waals surface area contributed by atoms with Crippen LogP contribution in [-0.4, -0.2) is 60.9 Å². The fourth-order valence-corrected chi connectivity index (χ4v) is 2.43. The van der Waals surface area contributed by atoms with Gasteiger partial charge in [0.05, 0.1) is 0 Å². The molecule has 0 saturated carbocycles. The zero-order valence-electron chi connectivity index (χ0n) is 9.03. The summed E-state index contributed by atoms with van der Waals surface area (Å²) in [5.41, 5.74) is 0. The van der Waals surface area contributed by atoms with E-state index in [1.807, 2.05) is 0 Å². The van der Waals surface area contributed by atoms with Gasteiger partial charge in [-0.05, 0) is 19.4 Å². The van der Waals surface area contributed by atoms with Crippen molar-refractivity contribution in [1.29, 1.82) is 0 Å². The molecule has 84 valence electrons. The third-order valence-corrected chi connectivity index (χ3v) is 3.30. The molecule has 0 bridgehead atoms. The highest BCUT2D eigenvalue weighted by Gasteiger charge is 2.33. The van der Waals surface area contributed by atoms with E-state index in [-0.39, 0.29) is 5.91 Å². The summed E-state index contributed by atoms with van der Waals surface area (Å²) in [6.45, 7) is 3.45. The van der Waals surface area contributed by atoms with E-state index in [1.54, 1.807) is 4.90 Å². The Balaban J connectivity index is 1.95. The SMILES string of the molecule is CNC(=O)C(=O)N1CCN2CCCC2C1. The van der Waals surface area contributed by atoms with Crippen LogP contribution in [0.15, 0.2) is 0 Å². The second kappa shape index (κ2) is 4.18. The molecular formula is C10H17N3O2. The summed E-state index contributed by atoms with van der Waals surface area (Å²) in [6.07, 6.45) is 2.37. The van der Waals surface area contributed by atoms with E-state index in [9.17, 15) is 9.59 Å². The standard InChI is InChI=1S/C10H17N3O2/c1-11-9(14)10(15)13-6-5-12-4-2-3-8(12)7-13/h8H,2-7H2,1H3,(H,11,14). The number of fused-ring (bicyclic) bond motifs is 1. The number of rotatable bonds is 0. The number of amides is 2. The Hall–Kier alpha value is -1.10. The number of carbonyl (C=O) groups excluding carboxylic acids is 2. The quantitative estimate of drug-likeness (QED) is 0.525. The summed E-state index contributed by atoms with van der Waals surface area (Å²) in [4.78, 5) is 26.9. The second-order valence-corrected chi connectivity index (χ2v) is 4.16. The van der Waals surface area contributed by atoms with Gasteiger partial charge in [0.15, 0.2) is 0 Å². The molecule has 0 aliphatic carbocycles. The summed E-state index contributed by atoms with van der Waals surface area (Å²) < 4.78 is 0. The first kappa shape index (κ1) is 10.4. The number of likely N-dealkylation sites (N-methyl/N-ethyl adjacent to an activating group) is 1. The van der Waals surface area contributed by atoms with Crippen LogP contribution in [0.3, 0.4) is 0 Å². The highest BCUT2D eigenvalue weighted by Crippen LogP contribution is 2.21. The molecular weight excluding hydrogens is 194 g/mol. The summed E-state index contributed by atoms with van der Waals surface area (Å²) in [5.74, 6) is -0.884. The van der Waals surface area contributed by atoms with Crippen LogP contribution < -0.4 is 5.32 Å². The van der Waals surface area contributed by atoms with Crippen LogP contribution in [0.4, 0.5) is 0 Å². The minimum atomic E-state index is -0.499. The lowest BCUT2D eigenvalue weighted by Crippen LogP contribution is -2.54. The molecule has 1 unspecified atom stereocenters. The van der Waals surface area contributed by atoms with Crippen molar-refractivity contribution in [2.45, 2.75) is 18.9 Å². The Kier molecular flexibility index (Phi) is 2.90. The first-order chi connectivity index (χ1) is 7.22. The minimum absolute atomic E-state index is 0.385. The maximum Gasteiger partial charge on any atom is 0.311 e. The van der Waals surface area contributed by atoms with Crippen molar-refractivity contribution in [1.82, 2.24) is 15.1 Å². The van der Waals surface area contributed by atoms with Gasteiger partial charge >= 0.3 is 11.8 Å². The van der Waals surface area contributed by atoms with Crippen LogP contribution in [0, 0.1) is 0 Å². The van der Waals surface area contributed by atoms with Crippen molar-refractivity contribution in [3.8, 4) is 0 Å². The van der Waals surface area contributed by atoms with E-state index in [4.69, 9.17) is 0 Å². The number of nitrogens with one attached hydrogen (secondary N) is 1. The first-order valence-electron chi connectivity index (χ1n) is 5.47. The Morgan fingerprint density at radius 3 is 2.80 bits per heavy atom. The van der Waals surface area contributed by atoms with Crippen molar-refractivity contribution in [3.05, 3.63) is 0 Å². The zero-order valence-corrected chi connectivity index (χ0v) is 9.03. The van der Waals surface area contributed by atoms with Gasteiger partial charge < -0.3 is 10.2 Å². The normalized spacial score (nSPS) is 26.2. The van der Waals surface area contributed by atoms with Gasteiger partial charge in [-0.15, -0.1) is 0 Å². The van der Waals surface area contributed by atoms with Gasteiger partial charge in [0, 0.05) is 32.7 Å². The maximum atomic E-state index is 11.6. The number of piperazine rings is 1. The van der Waals surface area contributed by atoms with Crippen molar-refractivity contribution >= 4 is 11.8 Å². The second-order valence-electron chi connectivity index (χ2n) is 4.16. The highest BCUT2D eigenvalue weighted by atomic mass is 16.2. The molecule has 5 heteroatoms.